The van der Waals surface area contributed by atoms with Gasteiger partial charge in [0.25, 0.3) is 5.95 Å². The van der Waals surface area contributed by atoms with Crippen LogP contribution in [0.5, 0.6) is 0 Å². The van der Waals surface area contributed by atoms with Gasteiger partial charge in [0.05, 0.1) is 0 Å². The van der Waals surface area contributed by atoms with Crippen LogP contribution >= 0.6 is 0 Å². The predicted octanol–water partition coefficient (Wildman–Crippen LogP) is 0.586. The van der Waals surface area contributed by atoms with Crippen LogP contribution in [-0.4, -0.2) is 36.3 Å². The van der Waals surface area contributed by atoms with Crippen LogP contribution in [0.4, 0.5) is 11.9 Å². The van der Waals surface area contributed by atoms with Crippen molar-refractivity contribution in [2.75, 3.05) is 17.3 Å². The van der Waals surface area contributed by atoms with E-state index in [2.05, 4.69) is 49.6 Å². The van der Waals surface area contributed by atoms with Gasteiger partial charge in [0.15, 0.2) is 0 Å². The zero-order chi connectivity index (χ0) is 14.9. The number of anilines is 2. The van der Waals surface area contributed by atoms with Gasteiger partial charge in [-0.2, -0.15) is 24.7 Å². The molecule has 9 heteroatoms. The van der Waals surface area contributed by atoms with E-state index in [1.54, 1.807) is 0 Å². The highest BCUT2D eigenvalue weighted by Crippen LogP contribution is 2.51. The van der Waals surface area contributed by atoms with Crippen LogP contribution in [0.25, 0.3) is 5.95 Å². The topological polar surface area (TPSA) is 119 Å². The second kappa shape index (κ2) is 5.24. The Kier molecular flexibility index (Phi) is 3.42. The van der Waals surface area contributed by atoms with Crippen molar-refractivity contribution in [3.05, 3.63) is 12.7 Å². The highest BCUT2D eigenvalue weighted by molar-refractivity contribution is 5.37. The Morgan fingerprint density at radius 2 is 2.05 bits per heavy atom. The van der Waals surface area contributed by atoms with Gasteiger partial charge < -0.3 is 5.32 Å². The molecule has 0 saturated heterocycles. The third kappa shape index (κ3) is 2.77. The highest BCUT2D eigenvalue weighted by Gasteiger charge is 2.45. The average molecular weight is 289 g/mol. The molecule has 0 aliphatic heterocycles. The van der Waals surface area contributed by atoms with Gasteiger partial charge in [0.2, 0.25) is 11.9 Å². The lowest BCUT2D eigenvalue weighted by molar-refractivity contribution is 0.379. The number of nitrogens with zero attached hydrogens (tertiary/aromatic N) is 6. The van der Waals surface area contributed by atoms with Crippen molar-refractivity contribution in [2.24, 2.45) is 17.2 Å². The van der Waals surface area contributed by atoms with Crippen LogP contribution in [0.1, 0.15) is 26.7 Å². The van der Waals surface area contributed by atoms with Gasteiger partial charge in [-0.05, 0) is 24.2 Å². The van der Waals surface area contributed by atoms with E-state index in [9.17, 15) is 0 Å². The molecule has 3 rings (SSSR count). The smallest absolute Gasteiger partial charge is 0.258 e. The molecule has 0 bridgehead atoms. The van der Waals surface area contributed by atoms with Crippen molar-refractivity contribution in [3.8, 4) is 5.95 Å². The van der Waals surface area contributed by atoms with E-state index in [1.807, 2.05) is 0 Å². The fraction of sp³-hybridized carbons (Fsp3) is 0.583. The van der Waals surface area contributed by atoms with Gasteiger partial charge in [0, 0.05) is 6.54 Å². The maximum Gasteiger partial charge on any atom is 0.258 e. The Morgan fingerprint density at radius 3 is 2.62 bits per heavy atom. The lowest BCUT2D eigenvalue weighted by Gasteiger charge is -2.20. The van der Waals surface area contributed by atoms with E-state index in [-0.39, 0.29) is 5.95 Å². The molecule has 0 spiro atoms. The first-order chi connectivity index (χ1) is 10.1. The lowest BCUT2D eigenvalue weighted by Crippen LogP contribution is -2.23. The Balaban J connectivity index is 1.80. The molecule has 0 unspecified atom stereocenters. The number of nitrogens with one attached hydrogen (secondary N) is 2. The minimum absolute atomic E-state index is 0.285. The second-order valence-electron chi connectivity index (χ2n) is 5.64. The summed E-state index contributed by atoms with van der Waals surface area (Å²) in [5.74, 6) is 7.18. The maximum absolute atomic E-state index is 5.41. The normalized spacial score (nSPS) is 16.0. The Hall–Kier alpha value is -2.29. The van der Waals surface area contributed by atoms with Crippen LogP contribution in [0.2, 0.25) is 0 Å². The minimum Gasteiger partial charge on any atom is -0.353 e. The fourth-order valence-corrected chi connectivity index (χ4v) is 2.30. The molecular formula is C12H19N9. The molecule has 0 atom stereocenters. The monoisotopic (exact) mass is 289 g/mol. The number of hydrazine groups is 1. The third-order valence-electron chi connectivity index (χ3n) is 4.09. The summed E-state index contributed by atoms with van der Waals surface area (Å²) < 4.78 is 1.46. The third-order valence-corrected chi connectivity index (χ3v) is 4.09. The summed E-state index contributed by atoms with van der Waals surface area (Å²) in [5.41, 5.74) is 2.80. The first-order valence-corrected chi connectivity index (χ1v) is 6.94. The van der Waals surface area contributed by atoms with E-state index >= 15 is 0 Å². The van der Waals surface area contributed by atoms with Crippen LogP contribution in [0, 0.1) is 11.3 Å². The van der Waals surface area contributed by atoms with E-state index in [4.69, 9.17) is 5.84 Å². The largest absolute Gasteiger partial charge is 0.353 e. The molecule has 1 saturated carbocycles. The molecule has 2 heterocycles. The van der Waals surface area contributed by atoms with Crippen molar-refractivity contribution in [1.82, 2.24) is 29.7 Å². The van der Waals surface area contributed by atoms with Crippen molar-refractivity contribution in [1.29, 1.82) is 0 Å². The van der Waals surface area contributed by atoms with Crippen molar-refractivity contribution < 1.29 is 0 Å². The number of aromatic nitrogens is 6. The quantitative estimate of drug-likeness (QED) is 0.522. The molecule has 0 amide bonds. The molecule has 0 radical (unpaired) electrons. The summed E-state index contributed by atoms with van der Waals surface area (Å²) in [7, 11) is 0. The second-order valence-corrected chi connectivity index (χ2v) is 5.64. The molecule has 112 valence electrons. The number of nitrogen functional groups attached to an aromatic ring is 1. The van der Waals surface area contributed by atoms with Gasteiger partial charge in [-0.25, -0.2) is 10.8 Å². The Bertz CT molecular complexity index is 603. The molecule has 1 aliphatic rings. The minimum atomic E-state index is 0.285. The first kappa shape index (κ1) is 13.7. The fourth-order valence-electron chi connectivity index (χ4n) is 2.30. The summed E-state index contributed by atoms with van der Waals surface area (Å²) in [6.45, 7) is 5.33. The molecular weight excluding hydrogens is 270 g/mol. The van der Waals surface area contributed by atoms with Gasteiger partial charge in [0.1, 0.15) is 12.7 Å². The SMILES string of the molecule is CC(C)C1(CNc2nc(NN)nc(-n3cncn3)n2)CC1. The highest BCUT2D eigenvalue weighted by atomic mass is 15.4. The predicted molar refractivity (Wildman–Crippen MR) is 77.5 cm³/mol. The van der Waals surface area contributed by atoms with E-state index in [0.717, 1.165) is 6.54 Å². The van der Waals surface area contributed by atoms with Crippen LogP contribution in [0.15, 0.2) is 12.7 Å². The van der Waals surface area contributed by atoms with Crippen LogP contribution in [0.3, 0.4) is 0 Å². The summed E-state index contributed by atoms with van der Waals surface area (Å²) in [6, 6.07) is 0. The molecule has 2 aromatic rings. The Labute approximate surface area is 122 Å². The van der Waals surface area contributed by atoms with Crippen LogP contribution in [-0.2, 0) is 0 Å². The summed E-state index contributed by atoms with van der Waals surface area (Å²) >= 11 is 0. The lowest BCUT2D eigenvalue weighted by atomic mass is 9.92. The summed E-state index contributed by atoms with van der Waals surface area (Å²) in [5, 5.41) is 7.30. The first-order valence-electron chi connectivity index (χ1n) is 6.94. The maximum atomic E-state index is 5.41. The zero-order valence-corrected chi connectivity index (χ0v) is 12.1. The standard InChI is InChI=1S/C12H19N9/c1-8(2)12(3-4-12)5-15-9-17-10(20-13)19-11(18-9)21-7-14-6-16-21/h6-8H,3-5,13H2,1-2H3,(H2,15,17,18,19,20). The molecule has 1 fully saturated rings. The molecule has 21 heavy (non-hydrogen) atoms. The van der Waals surface area contributed by atoms with Crippen molar-refractivity contribution in [2.45, 2.75) is 26.7 Å². The Morgan fingerprint density at radius 1 is 1.29 bits per heavy atom. The molecule has 0 aromatic carbocycles. The van der Waals surface area contributed by atoms with E-state index < -0.39 is 0 Å². The molecule has 1 aliphatic carbocycles. The molecule has 4 N–H and O–H groups in total. The number of hydrogen-bond donors (Lipinski definition) is 3. The zero-order valence-electron chi connectivity index (χ0n) is 12.1. The van der Waals surface area contributed by atoms with Crippen molar-refractivity contribution >= 4 is 11.9 Å². The molecule has 2 aromatic heterocycles. The van der Waals surface area contributed by atoms with Gasteiger partial charge in [-0.15, -0.1) is 0 Å². The summed E-state index contributed by atoms with van der Waals surface area (Å²) in [6.07, 6.45) is 5.42. The molecule has 9 nitrogen and oxygen atoms in total. The van der Waals surface area contributed by atoms with Gasteiger partial charge in [-0.3, -0.25) is 5.43 Å². The number of hydrogen-bond acceptors (Lipinski definition) is 8. The summed E-state index contributed by atoms with van der Waals surface area (Å²) in [4.78, 5) is 16.6. The van der Waals surface area contributed by atoms with Crippen LogP contribution < -0.4 is 16.6 Å². The van der Waals surface area contributed by atoms with E-state index in [0.29, 0.717) is 23.2 Å². The van der Waals surface area contributed by atoms with Gasteiger partial charge in [-0.1, -0.05) is 13.8 Å². The van der Waals surface area contributed by atoms with Crippen molar-refractivity contribution in [3.63, 3.8) is 0 Å². The van der Waals surface area contributed by atoms with Gasteiger partial charge >= 0.3 is 0 Å². The number of nitrogens with two attached hydrogens (primary N) is 1. The number of rotatable bonds is 6. The average Bonchev–Trinajstić information content (AvgIpc) is 3.09. The van der Waals surface area contributed by atoms with E-state index in [1.165, 1.54) is 30.2 Å².